The number of allylic oxidation sites excluding steroid dienone is 3. The summed E-state index contributed by atoms with van der Waals surface area (Å²) in [6, 6.07) is -0.673. The van der Waals surface area contributed by atoms with Gasteiger partial charge in [0.25, 0.3) is 5.91 Å². The lowest BCUT2D eigenvalue weighted by Crippen LogP contribution is -2.39. The van der Waals surface area contributed by atoms with E-state index in [1.807, 2.05) is 6.92 Å². The van der Waals surface area contributed by atoms with E-state index in [0.29, 0.717) is 6.42 Å². The summed E-state index contributed by atoms with van der Waals surface area (Å²) in [7, 11) is 0. The fourth-order valence-corrected chi connectivity index (χ4v) is 1.51. The lowest BCUT2D eigenvalue weighted by Gasteiger charge is -2.16. The zero-order valence-corrected chi connectivity index (χ0v) is 8.29. The molecule has 78 valence electrons. The molecule has 0 saturated carbocycles. The molecule has 1 unspecified atom stereocenters. The molecule has 4 heteroatoms. The first-order valence-corrected chi connectivity index (χ1v) is 4.71. The lowest BCUT2D eigenvalue weighted by molar-refractivity contribution is -0.130. The van der Waals surface area contributed by atoms with Crippen LogP contribution in [0.1, 0.15) is 26.2 Å². The molecule has 0 aliphatic heterocycles. The van der Waals surface area contributed by atoms with Crippen LogP contribution in [0, 0.1) is 0 Å². The van der Waals surface area contributed by atoms with E-state index < -0.39 is 11.9 Å². The quantitative estimate of drug-likeness (QED) is 0.463. The molecule has 0 bridgehead atoms. The Kier molecular flexibility index (Phi) is 3.85. The maximum Gasteiger partial charge on any atom is 0.260 e. The van der Waals surface area contributed by atoms with Gasteiger partial charge in [0.1, 0.15) is 0 Å². The molecule has 1 rings (SSSR count). The van der Waals surface area contributed by atoms with Gasteiger partial charge in [-0.1, -0.05) is 17.7 Å². The number of carbonyl (C=O) groups is 1. The van der Waals surface area contributed by atoms with E-state index in [-0.39, 0.29) is 0 Å². The van der Waals surface area contributed by atoms with Crippen LogP contribution in [0.5, 0.6) is 0 Å². The van der Waals surface area contributed by atoms with Crippen molar-refractivity contribution >= 4 is 5.91 Å². The Morgan fingerprint density at radius 2 is 2.29 bits per heavy atom. The molecule has 0 aromatic heterocycles. The summed E-state index contributed by atoms with van der Waals surface area (Å²) in [4.78, 5) is 11.0. The van der Waals surface area contributed by atoms with Crippen molar-refractivity contribution in [1.29, 1.82) is 0 Å². The SMILES string of the molecule is CC1=CCCC=C1CC(N)C(=O)NO. The highest BCUT2D eigenvalue weighted by Gasteiger charge is 2.15. The average Bonchev–Trinajstić information content (AvgIpc) is 2.20. The second-order valence-corrected chi connectivity index (χ2v) is 3.48. The van der Waals surface area contributed by atoms with E-state index in [9.17, 15) is 4.79 Å². The van der Waals surface area contributed by atoms with Crippen LogP contribution < -0.4 is 11.2 Å². The van der Waals surface area contributed by atoms with Crippen LogP contribution in [0.3, 0.4) is 0 Å². The average molecular weight is 196 g/mol. The molecule has 0 heterocycles. The molecule has 1 aliphatic carbocycles. The van der Waals surface area contributed by atoms with Crippen molar-refractivity contribution in [3.8, 4) is 0 Å². The van der Waals surface area contributed by atoms with Gasteiger partial charge in [0.05, 0.1) is 6.04 Å². The van der Waals surface area contributed by atoms with Crippen LogP contribution in [0.25, 0.3) is 0 Å². The predicted molar refractivity (Wildman–Crippen MR) is 53.6 cm³/mol. The summed E-state index contributed by atoms with van der Waals surface area (Å²) in [5.41, 5.74) is 9.42. The minimum absolute atomic E-state index is 0.481. The van der Waals surface area contributed by atoms with Crippen LogP contribution >= 0.6 is 0 Å². The number of nitrogens with one attached hydrogen (secondary N) is 1. The van der Waals surface area contributed by atoms with Crippen molar-refractivity contribution in [3.05, 3.63) is 23.3 Å². The zero-order valence-electron chi connectivity index (χ0n) is 8.29. The standard InChI is InChI=1S/C10H16N2O2/c1-7-4-2-3-5-8(7)6-9(11)10(13)12-14/h4-5,9,14H,2-3,6,11H2,1H3,(H,12,13). The normalized spacial score (nSPS) is 18.2. The molecule has 4 nitrogen and oxygen atoms in total. The number of nitrogens with two attached hydrogens (primary N) is 1. The smallest absolute Gasteiger partial charge is 0.260 e. The van der Waals surface area contributed by atoms with Crippen molar-refractivity contribution in [1.82, 2.24) is 5.48 Å². The van der Waals surface area contributed by atoms with Gasteiger partial charge in [-0.25, -0.2) is 5.48 Å². The van der Waals surface area contributed by atoms with Crippen molar-refractivity contribution in [2.75, 3.05) is 0 Å². The summed E-state index contributed by atoms with van der Waals surface area (Å²) < 4.78 is 0. The van der Waals surface area contributed by atoms with Crippen LogP contribution in [-0.2, 0) is 4.79 Å². The summed E-state index contributed by atoms with van der Waals surface area (Å²) in [6.07, 6.45) is 6.77. The third-order valence-electron chi connectivity index (χ3n) is 2.40. The number of hydroxylamine groups is 1. The maximum absolute atomic E-state index is 11.0. The van der Waals surface area contributed by atoms with Crippen LogP contribution in [0.15, 0.2) is 23.3 Å². The van der Waals surface area contributed by atoms with Crippen LogP contribution in [-0.4, -0.2) is 17.2 Å². The van der Waals surface area contributed by atoms with Gasteiger partial charge in [-0.3, -0.25) is 10.0 Å². The number of hydrogen-bond acceptors (Lipinski definition) is 3. The number of amides is 1. The van der Waals surface area contributed by atoms with Crippen molar-refractivity contribution in [2.45, 2.75) is 32.2 Å². The predicted octanol–water partition coefficient (Wildman–Crippen LogP) is 0.876. The molecule has 1 atom stereocenters. The number of hydrogen-bond donors (Lipinski definition) is 3. The number of carbonyl (C=O) groups excluding carboxylic acids is 1. The largest absolute Gasteiger partial charge is 0.320 e. The first kappa shape index (κ1) is 10.9. The van der Waals surface area contributed by atoms with Crippen molar-refractivity contribution in [2.24, 2.45) is 5.73 Å². The fourth-order valence-electron chi connectivity index (χ4n) is 1.51. The molecule has 0 fully saturated rings. The zero-order chi connectivity index (χ0) is 10.6. The van der Waals surface area contributed by atoms with E-state index in [2.05, 4.69) is 12.2 Å². The minimum Gasteiger partial charge on any atom is -0.320 e. The highest BCUT2D eigenvalue weighted by atomic mass is 16.5. The van der Waals surface area contributed by atoms with E-state index in [4.69, 9.17) is 10.9 Å². The van der Waals surface area contributed by atoms with Gasteiger partial charge < -0.3 is 5.73 Å². The lowest BCUT2D eigenvalue weighted by atomic mass is 9.94. The van der Waals surface area contributed by atoms with Crippen LogP contribution in [0.2, 0.25) is 0 Å². The molecule has 0 aromatic carbocycles. The first-order chi connectivity index (χ1) is 6.65. The molecule has 1 amide bonds. The second kappa shape index (κ2) is 4.93. The van der Waals surface area contributed by atoms with Gasteiger partial charge in [0.2, 0.25) is 0 Å². The summed E-state index contributed by atoms with van der Waals surface area (Å²) in [5, 5.41) is 8.39. The van der Waals surface area contributed by atoms with E-state index >= 15 is 0 Å². The molecular weight excluding hydrogens is 180 g/mol. The van der Waals surface area contributed by atoms with E-state index in [1.165, 1.54) is 5.57 Å². The molecule has 14 heavy (non-hydrogen) atoms. The van der Waals surface area contributed by atoms with E-state index in [0.717, 1.165) is 18.4 Å². The van der Waals surface area contributed by atoms with Crippen molar-refractivity contribution < 1.29 is 10.0 Å². The summed E-state index contributed by atoms with van der Waals surface area (Å²) >= 11 is 0. The van der Waals surface area contributed by atoms with Gasteiger partial charge in [-0.2, -0.15) is 0 Å². The third-order valence-corrected chi connectivity index (χ3v) is 2.40. The Hall–Kier alpha value is -1.13. The maximum atomic E-state index is 11.0. The monoisotopic (exact) mass is 196 g/mol. The van der Waals surface area contributed by atoms with Gasteiger partial charge in [0.15, 0.2) is 0 Å². The Morgan fingerprint density at radius 3 is 2.86 bits per heavy atom. The summed E-state index contributed by atoms with van der Waals surface area (Å²) in [5.74, 6) is -0.538. The Bertz CT molecular complexity index is 282. The summed E-state index contributed by atoms with van der Waals surface area (Å²) in [6.45, 7) is 2.01. The van der Waals surface area contributed by atoms with E-state index in [1.54, 1.807) is 5.48 Å². The molecule has 4 N–H and O–H groups in total. The van der Waals surface area contributed by atoms with Gasteiger partial charge in [0, 0.05) is 0 Å². The van der Waals surface area contributed by atoms with Crippen molar-refractivity contribution in [3.63, 3.8) is 0 Å². The fraction of sp³-hybridized carbons (Fsp3) is 0.500. The molecule has 0 radical (unpaired) electrons. The molecule has 1 aliphatic rings. The van der Waals surface area contributed by atoms with Crippen LogP contribution in [0.4, 0.5) is 0 Å². The Balaban J connectivity index is 2.56. The highest BCUT2D eigenvalue weighted by molar-refractivity contribution is 5.80. The molecular formula is C10H16N2O2. The topological polar surface area (TPSA) is 75.4 Å². The molecule has 0 saturated heterocycles. The Labute approximate surface area is 83.4 Å². The second-order valence-electron chi connectivity index (χ2n) is 3.48. The Morgan fingerprint density at radius 1 is 1.64 bits per heavy atom. The van der Waals surface area contributed by atoms with Gasteiger partial charge in [-0.15, -0.1) is 0 Å². The highest BCUT2D eigenvalue weighted by Crippen LogP contribution is 2.21. The molecule has 0 spiro atoms. The van der Waals surface area contributed by atoms with Gasteiger partial charge in [-0.05, 0) is 31.8 Å². The first-order valence-electron chi connectivity index (χ1n) is 4.71. The minimum atomic E-state index is -0.673. The van der Waals surface area contributed by atoms with Gasteiger partial charge >= 0.3 is 0 Å². The molecule has 0 aromatic rings. The third kappa shape index (κ3) is 2.68. The number of rotatable bonds is 3.